The van der Waals surface area contributed by atoms with Gasteiger partial charge in [-0.05, 0) is 12.3 Å². The zero-order valence-electron chi connectivity index (χ0n) is 11.8. The van der Waals surface area contributed by atoms with Gasteiger partial charge in [0.2, 0.25) is 11.8 Å². The Morgan fingerprint density at radius 1 is 1.24 bits per heavy atom. The minimum atomic E-state index is -0.586. The molecule has 0 spiro atoms. The number of rotatable bonds is 4. The molecule has 2 amide bonds. The van der Waals surface area contributed by atoms with Crippen LogP contribution in [0.2, 0.25) is 0 Å². The Morgan fingerprint density at radius 2 is 1.71 bits per heavy atom. The molecule has 0 saturated carbocycles. The van der Waals surface area contributed by atoms with E-state index in [2.05, 4.69) is 0 Å². The highest BCUT2D eigenvalue weighted by atomic mass is 16.2. The van der Waals surface area contributed by atoms with Crippen LogP contribution in [0.4, 0.5) is 0 Å². The van der Waals surface area contributed by atoms with E-state index in [1.54, 1.807) is 14.1 Å². The minimum Gasteiger partial charge on any atom is -0.347 e. The average Bonchev–Trinajstić information content (AvgIpc) is 2.21. The summed E-state index contributed by atoms with van der Waals surface area (Å²) in [7, 11) is 3.34. The number of carbonyl (C=O) groups excluding carboxylic acids is 2. The summed E-state index contributed by atoms with van der Waals surface area (Å²) in [6.45, 7) is 8.16. The molecule has 0 aliphatic carbocycles. The number of nitrogens with zero attached hydrogens (tertiary/aromatic N) is 2. The zero-order valence-corrected chi connectivity index (χ0v) is 11.8. The Balaban J connectivity index is 4.68. The van der Waals surface area contributed by atoms with Gasteiger partial charge in [0.15, 0.2) is 0 Å². The molecule has 0 bridgehead atoms. The summed E-state index contributed by atoms with van der Waals surface area (Å²) in [5.41, 5.74) is 5.61. The number of amides is 2. The summed E-state index contributed by atoms with van der Waals surface area (Å²) in [6, 6.07) is -0.586. The van der Waals surface area contributed by atoms with E-state index in [-0.39, 0.29) is 23.8 Å². The van der Waals surface area contributed by atoms with Gasteiger partial charge in [0, 0.05) is 20.6 Å². The number of nitrogens with two attached hydrogens (primary N) is 1. The van der Waals surface area contributed by atoms with Crippen molar-refractivity contribution in [3.05, 3.63) is 0 Å². The fourth-order valence-corrected chi connectivity index (χ4v) is 1.22. The molecule has 2 N–H and O–H groups in total. The van der Waals surface area contributed by atoms with Crippen LogP contribution in [0.3, 0.4) is 0 Å². The molecule has 0 aromatic rings. The third kappa shape index (κ3) is 4.73. The second-order valence-corrected chi connectivity index (χ2v) is 5.48. The molecule has 0 saturated heterocycles. The lowest BCUT2D eigenvalue weighted by molar-refractivity contribution is -0.141. The first-order valence-electron chi connectivity index (χ1n) is 5.85. The van der Waals surface area contributed by atoms with Crippen molar-refractivity contribution >= 4 is 11.8 Å². The SMILES string of the molecule is CCN(CC(=O)N(C)C)C(=O)C(N)C(C)(C)C. The maximum absolute atomic E-state index is 12.1. The zero-order chi connectivity index (χ0) is 13.8. The molecular weight excluding hydrogens is 218 g/mol. The van der Waals surface area contributed by atoms with E-state index in [0.717, 1.165) is 0 Å². The van der Waals surface area contributed by atoms with E-state index in [1.165, 1.54) is 9.80 Å². The summed E-state index contributed by atoms with van der Waals surface area (Å²) in [5, 5.41) is 0. The Labute approximate surface area is 104 Å². The van der Waals surface area contributed by atoms with Gasteiger partial charge in [0.1, 0.15) is 0 Å². The van der Waals surface area contributed by atoms with Gasteiger partial charge in [-0.1, -0.05) is 20.8 Å². The van der Waals surface area contributed by atoms with Crippen LogP contribution < -0.4 is 5.73 Å². The van der Waals surface area contributed by atoms with Crippen molar-refractivity contribution in [3.8, 4) is 0 Å². The van der Waals surface area contributed by atoms with Crippen LogP contribution in [0.15, 0.2) is 0 Å². The van der Waals surface area contributed by atoms with Crippen LogP contribution in [0.5, 0.6) is 0 Å². The van der Waals surface area contributed by atoms with Gasteiger partial charge in [-0.2, -0.15) is 0 Å². The number of hydrogen-bond donors (Lipinski definition) is 1. The summed E-state index contributed by atoms with van der Waals surface area (Å²) in [6.07, 6.45) is 0. The van der Waals surface area contributed by atoms with Gasteiger partial charge in [-0.3, -0.25) is 9.59 Å². The Kier molecular flexibility index (Phi) is 5.61. The highest BCUT2D eigenvalue weighted by Gasteiger charge is 2.31. The summed E-state index contributed by atoms with van der Waals surface area (Å²) in [4.78, 5) is 26.7. The standard InChI is InChI=1S/C12H25N3O2/c1-7-15(8-9(16)14(5)6)11(17)10(13)12(2,3)4/h10H,7-8,13H2,1-6H3. The van der Waals surface area contributed by atoms with Gasteiger partial charge in [0.25, 0.3) is 0 Å². The van der Waals surface area contributed by atoms with Crippen LogP contribution in [0.25, 0.3) is 0 Å². The lowest BCUT2D eigenvalue weighted by Crippen LogP contribution is -2.52. The lowest BCUT2D eigenvalue weighted by atomic mass is 9.86. The van der Waals surface area contributed by atoms with Crippen LogP contribution in [-0.4, -0.2) is 54.8 Å². The molecule has 0 aromatic heterocycles. The van der Waals surface area contributed by atoms with Gasteiger partial charge >= 0.3 is 0 Å². The second-order valence-electron chi connectivity index (χ2n) is 5.48. The smallest absolute Gasteiger partial charge is 0.241 e. The molecular formula is C12H25N3O2. The maximum atomic E-state index is 12.1. The van der Waals surface area contributed by atoms with Crippen molar-refractivity contribution in [1.29, 1.82) is 0 Å². The van der Waals surface area contributed by atoms with E-state index >= 15 is 0 Å². The molecule has 0 heterocycles. The number of hydrogen-bond acceptors (Lipinski definition) is 3. The van der Waals surface area contributed by atoms with Crippen molar-refractivity contribution in [3.63, 3.8) is 0 Å². The summed E-state index contributed by atoms with van der Waals surface area (Å²) in [5.74, 6) is -0.267. The molecule has 0 aliphatic heterocycles. The fourth-order valence-electron chi connectivity index (χ4n) is 1.22. The first kappa shape index (κ1) is 15.9. The quantitative estimate of drug-likeness (QED) is 0.772. The van der Waals surface area contributed by atoms with E-state index < -0.39 is 6.04 Å². The van der Waals surface area contributed by atoms with Crippen LogP contribution >= 0.6 is 0 Å². The molecule has 0 aliphatic rings. The van der Waals surface area contributed by atoms with E-state index in [4.69, 9.17) is 5.73 Å². The van der Waals surface area contributed by atoms with Crippen molar-refractivity contribution in [2.75, 3.05) is 27.2 Å². The topological polar surface area (TPSA) is 66.6 Å². The monoisotopic (exact) mass is 243 g/mol. The Morgan fingerprint density at radius 3 is 2.00 bits per heavy atom. The van der Waals surface area contributed by atoms with Crippen LogP contribution in [0, 0.1) is 5.41 Å². The third-order valence-electron chi connectivity index (χ3n) is 2.72. The van der Waals surface area contributed by atoms with E-state index in [9.17, 15) is 9.59 Å². The van der Waals surface area contributed by atoms with Crippen LogP contribution in [-0.2, 0) is 9.59 Å². The fraction of sp³-hybridized carbons (Fsp3) is 0.833. The van der Waals surface area contributed by atoms with E-state index in [0.29, 0.717) is 6.54 Å². The highest BCUT2D eigenvalue weighted by Crippen LogP contribution is 2.19. The Hall–Kier alpha value is -1.10. The lowest BCUT2D eigenvalue weighted by Gasteiger charge is -2.31. The third-order valence-corrected chi connectivity index (χ3v) is 2.72. The molecule has 100 valence electrons. The predicted molar refractivity (Wildman–Crippen MR) is 68.4 cm³/mol. The molecule has 17 heavy (non-hydrogen) atoms. The Bertz CT molecular complexity index is 282. The van der Waals surface area contributed by atoms with E-state index in [1.807, 2.05) is 27.7 Å². The van der Waals surface area contributed by atoms with Crippen molar-refractivity contribution in [1.82, 2.24) is 9.80 Å². The minimum absolute atomic E-state index is 0.0894. The van der Waals surface area contributed by atoms with Gasteiger partial charge in [0.05, 0.1) is 12.6 Å². The normalized spacial score (nSPS) is 13.1. The van der Waals surface area contributed by atoms with Crippen LogP contribution in [0.1, 0.15) is 27.7 Å². The van der Waals surface area contributed by atoms with Gasteiger partial charge in [-0.15, -0.1) is 0 Å². The molecule has 0 radical (unpaired) electrons. The second kappa shape index (κ2) is 6.00. The van der Waals surface area contributed by atoms with Crippen molar-refractivity contribution < 1.29 is 9.59 Å². The molecule has 0 fully saturated rings. The molecule has 0 aromatic carbocycles. The molecule has 5 nitrogen and oxygen atoms in total. The summed E-state index contributed by atoms with van der Waals surface area (Å²) < 4.78 is 0. The predicted octanol–water partition coefficient (Wildman–Crippen LogP) is 0.297. The first-order chi connectivity index (χ1) is 7.61. The molecule has 0 rings (SSSR count). The van der Waals surface area contributed by atoms with Gasteiger partial charge < -0.3 is 15.5 Å². The van der Waals surface area contributed by atoms with Gasteiger partial charge in [-0.25, -0.2) is 0 Å². The average molecular weight is 243 g/mol. The molecule has 1 atom stereocenters. The maximum Gasteiger partial charge on any atom is 0.241 e. The summed E-state index contributed by atoms with van der Waals surface area (Å²) >= 11 is 0. The molecule has 1 unspecified atom stereocenters. The van der Waals surface area contributed by atoms with Crippen molar-refractivity contribution in [2.24, 2.45) is 11.1 Å². The number of carbonyl (C=O) groups is 2. The molecule has 5 heteroatoms. The number of likely N-dealkylation sites (N-methyl/N-ethyl adjacent to an activating group) is 2. The van der Waals surface area contributed by atoms with Crippen molar-refractivity contribution in [2.45, 2.75) is 33.7 Å². The highest BCUT2D eigenvalue weighted by molar-refractivity contribution is 5.87. The first-order valence-corrected chi connectivity index (χ1v) is 5.85. The largest absolute Gasteiger partial charge is 0.347 e.